The lowest BCUT2D eigenvalue weighted by Gasteiger charge is -2.24. The highest BCUT2D eigenvalue weighted by Crippen LogP contribution is 2.30. The maximum atomic E-state index is 12.2. The average molecular weight is 234 g/mol. The van der Waals surface area contributed by atoms with Gasteiger partial charge < -0.3 is 5.32 Å². The van der Waals surface area contributed by atoms with Crippen molar-refractivity contribution in [2.45, 2.75) is 39.5 Å². The van der Waals surface area contributed by atoms with Crippen molar-refractivity contribution in [3.63, 3.8) is 0 Å². The highest BCUT2D eigenvalue weighted by atomic mass is 16.2. The monoisotopic (exact) mass is 234 g/mol. The molecule has 1 heterocycles. The van der Waals surface area contributed by atoms with Crippen LogP contribution < -0.4 is 5.32 Å². The zero-order valence-electron chi connectivity index (χ0n) is 10.3. The number of carbonyl (C=O) groups excluding carboxylic acids is 1. The summed E-state index contributed by atoms with van der Waals surface area (Å²) in [5, 5.41) is 18.4. The zero-order chi connectivity index (χ0) is 12.7. The number of anilines is 1. The van der Waals surface area contributed by atoms with E-state index in [1.165, 1.54) is 6.20 Å². The Kier molecular flexibility index (Phi) is 4.70. The molecular weight excluding hydrogens is 216 g/mol. The fourth-order valence-corrected chi connectivity index (χ4v) is 1.94. The molecule has 0 bridgehead atoms. The van der Waals surface area contributed by atoms with Crippen LogP contribution in [0, 0.1) is 16.7 Å². The summed E-state index contributed by atoms with van der Waals surface area (Å²) < 4.78 is 0. The predicted molar refractivity (Wildman–Crippen MR) is 65.1 cm³/mol. The van der Waals surface area contributed by atoms with Crippen molar-refractivity contribution in [3.8, 4) is 6.07 Å². The molecule has 5 nitrogen and oxygen atoms in total. The van der Waals surface area contributed by atoms with E-state index in [9.17, 15) is 10.1 Å². The molecule has 0 saturated carbocycles. The Balaban J connectivity index is 2.82. The molecule has 5 heteroatoms. The van der Waals surface area contributed by atoms with E-state index in [4.69, 9.17) is 0 Å². The SMILES string of the molecule is CCCC(C#N)(CCC)C(=O)Nc1cn[nH]c1. The van der Waals surface area contributed by atoms with Crippen molar-refractivity contribution in [3.05, 3.63) is 12.4 Å². The molecule has 1 aromatic heterocycles. The van der Waals surface area contributed by atoms with Gasteiger partial charge in [0.2, 0.25) is 5.91 Å². The quantitative estimate of drug-likeness (QED) is 0.793. The normalized spacial score (nSPS) is 10.9. The molecule has 0 aliphatic carbocycles. The van der Waals surface area contributed by atoms with E-state index < -0.39 is 5.41 Å². The molecule has 0 saturated heterocycles. The summed E-state index contributed by atoms with van der Waals surface area (Å²) in [6, 6.07) is 2.19. The first-order valence-corrected chi connectivity index (χ1v) is 5.90. The minimum absolute atomic E-state index is 0.231. The molecule has 1 aromatic rings. The van der Waals surface area contributed by atoms with Crippen LogP contribution in [-0.2, 0) is 4.79 Å². The maximum absolute atomic E-state index is 12.2. The largest absolute Gasteiger partial charge is 0.322 e. The van der Waals surface area contributed by atoms with Crippen molar-refractivity contribution in [1.82, 2.24) is 10.2 Å². The van der Waals surface area contributed by atoms with Crippen LogP contribution in [0.2, 0.25) is 0 Å². The number of rotatable bonds is 6. The van der Waals surface area contributed by atoms with E-state index in [1.807, 2.05) is 13.8 Å². The summed E-state index contributed by atoms with van der Waals surface area (Å²) in [6.07, 6.45) is 5.91. The summed E-state index contributed by atoms with van der Waals surface area (Å²) in [4.78, 5) is 12.2. The summed E-state index contributed by atoms with van der Waals surface area (Å²) in [5.41, 5.74) is -0.317. The Hall–Kier alpha value is -1.83. The van der Waals surface area contributed by atoms with Crippen molar-refractivity contribution >= 4 is 11.6 Å². The zero-order valence-corrected chi connectivity index (χ0v) is 10.3. The molecule has 0 atom stereocenters. The van der Waals surface area contributed by atoms with Crippen LogP contribution >= 0.6 is 0 Å². The molecule has 1 amide bonds. The van der Waals surface area contributed by atoms with Gasteiger partial charge in [-0.3, -0.25) is 9.89 Å². The Morgan fingerprint density at radius 2 is 2.18 bits per heavy atom. The minimum atomic E-state index is -0.916. The van der Waals surface area contributed by atoms with Crippen molar-refractivity contribution in [1.29, 1.82) is 5.26 Å². The molecule has 0 aliphatic heterocycles. The molecule has 0 fully saturated rings. The van der Waals surface area contributed by atoms with Gasteiger partial charge in [0.25, 0.3) is 0 Å². The van der Waals surface area contributed by atoms with Gasteiger partial charge in [-0.25, -0.2) is 0 Å². The lowest BCUT2D eigenvalue weighted by Crippen LogP contribution is -2.34. The van der Waals surface area contributed by atoms with Crippen LogP contribution in [0.25, 0.3) is 0 Å². The highest BCUT2D eigenvalue weighted by molar-refractivity contribution is 5.96. The van der Waals surface area contributed by atoms with E-state index >= 15 is 0 Å². The summed E-state index contributed by atoms with van der Waals surface area (Å²) >= 11 is 0. The number of nitriles is 1. The van der Waals surface area contributed by atoms with Crippen molar-refractivity contribution in [2.24, 2.45) is 5.41 Å². The number of aromatic nitrogens is 2. The Morgan fingerprint density at radius 1 is 1.53 bits per heavy atom. The van der Waals surface area contributed by atoms with E-state index in [0.717, 1.165) is 12.8 Å². The second-order valence-electron chi connectivity index (χ2n) is 4.14. The van der Waals surface area contributed by atoms with Crippen LogP contribution in [0.3, 0.4) is 0 Å². The first-order valence-electron chi connectivity index (χ1n) is 5.90. The number of hydrogen-bond acceptors (Lipinski definition) is 3. The topological polar surface area (TPSA) is 81.6 Å². The first kappa shape index (κ1) is 13.2. The molecule has 1 rings (SSSR count). The van der Waals surface area contributed by atoms with Crippen LogP contribution in [0.15, 0.2) is 12.4 Å². The average Bonchev–Trinajstić information content (AvgIpc) is 2.81. The maximum Gasteiger partial charge on any atom is 0.244 e. The molecular formula is C12H18N4O. The van der Waals surface area contributed by atoms with Crippen LogP contribution in [0.5, 0.6) is 0 Å². The van der Waals surface area contributed by atoms with Gasteiger partial charge in [0.1, 0.15) is 5.41 Å². The van der Waals surface area contributed by atoms with Crippen LogP contribution in [0.1, 0.15) is 39.5 Å². The van der Waals surface area contributed by atoms with Gasteiger partial charge in [-0.05, 0) is 12.8 Å². The van der Waals surface area contributed by atoms with E-state index in [2.05, 4.69) is 21.6 Å². The van der Waals surface area contributed by atoms with Gasteiger partial charge in [0.15, 0.2) is 0 Å². The second kappa shape index (κ2) is 6.04. The standard InChI is InChI=1S/C12H18N4O/c1-3-5-12(9-13,6-4-2)11(17)16-10-7-14-15-8-10/h7-8H,3-6H2,1-2H3,(H,14,15)(H,16,17). The van der Waals surface area contributed by atoms with Gasteiger partial charge in [0, 0.05) is 6.20 Å². The smallest absolute Gasteiger partial charge is 0.244 e. The minimum Gasteiger partial charge on any atom is -0.322 e. The number of H-pyrrole nitrogens is 1. The predicted octanol–water partition coefficient (Wildman–Crippen LogP) is 2.46. The number of carbonyl (C=O) groups is 1. The molecule has 17 heavy (non-hydrogen) atoms. The Bertz CT molecular complexity index is 385. The molecule has 0 spiro atoms. The number of amides is 1. The molecule has 2 N–H and O–H groups in total. The summed E-state index contributed by atoms with van der Waals surface area (Å²) in [5.74, 6) is -0.231. The van der Waals surface area contributed by atoms with Gasteiger partial charge >= 0.3 is 0 Å². The summed E-state index contributed by atoms with van der Waals surface area (Å²) in [7, 11) is 0. The second-order valence-corrected chi connectivity index (χ2v) is 4.14. The molecule has 0 radical (unpaired) electrons. The first-order chi connectivity index (χ1) is 8.18. The third kappa shape index (κ3) is 3.06. The fraction of sp³-hybridized carbons (Fsp3) is 0.583. The van der Waals surface area contributed by atoms with Crippen molar-refractivity contribution in [2.75, 3.05) is 5.32 Å². The number of nitrogens with zero attached hydrogens (tertiary/aromatic N) is 2. The fourth-order valence-electron chi connectivity index (χ4n) is 1.94. The van der Waals surface area contributed by atoms with E-state index in [1.54, 1.807) is 6.20 Å². The van der Waals surface area contributed by atoms with Crippen LogP contribution in [0.4, 0.5) is 5.69 Å². The summed E-state index contributed by atoms with van der Waals surface area (Å²) in [6.45, 7) is 3.96. The lowest BCUT2D eigenvalue weighted by atomic mass is 9.80. The molecule has 0 aromatic carbocycles. The number of nitrogens with one attached hydrogen (secondary N) is 2. The Labute approximate surface area is 101 Å². The van der Waals surface area contributed by atoms with Crippen molar-refractivity contribution < 1.29 is 4.79 Å². The third-order valence-corrected chi connectivity index (χ3v) is 2.76. The number of hydrogen-bond donors (Lipinski definition) is 2. The molecule has 92 valence electrons. The number of aromatic amines is 1. The van der Waals surface area contributed by atoms with Gasteiger partial charge in [0.05, 0.1) is 18.0 Å². The molecule has 0 aliphatic rings. The van der Waals surface area contributed by atoms with Gasteiger partial charge in [-0.2, -0.15) is 10.4 Å². The van der Waals surface area contributed by atoms with Gasteiger partial charge in [-0.1, -0.05) is 26.7 Å². The highest BCUT2D eigenvalue weighted by Gasteiger charge is 2.37. The lowest BCUT2D eigenvalue weighted by molar-refractivity contribution is -0.123. The van der Waals surface area contributed by atoms with Gasteiger partial charge in [-0.15, -0.1) is 0 Å². The van der Waals surface area contributed by atoms with Crippen LogP contribution in [-0.4, -0.2) is 16.1 Å². The van der Waals surface area contributed by atoms with E-state index in [0.29, 0.717) is 18.5 Å². The third-order valence-electron chi connectivity index (χ3n) is 2.76. The molecule has 0 unspecified atom stereocenters. The Morgan fingerprint density at radius 3 is 2.59 bits per heavy atom. The van der Waals surface area contributed by atoms with E-state index in [-0.39, 0.29) is 5.91 Å².